The van der Waals surface area contributed by atoms with E-state index in [4.69, 9.17) is 19.4 Å². The van der Waals surface area contributed by atoms with Crippen molar-refractivity contribution in [2.75, 3.05) is 0 Å². The molecule has 11 nitrogen and oxygen atoms in total. The fraction of sp³-hybridized carbons (Fsp3) is 0.414. The number of hydrogen-bond donors (Lipinski definition) is 4. The molecule has 4 aliphatic rings. The average molecular weight is 923 g/mol. The van der Waals surface area contributed by atoms with E-state index in [0.717, 1.165) is 80.1 Å². The van der Waals surface area contributed by atoms with Crippen LogP contribution in [0.3, 0.4) is 0 Å². The van der Waals surface area contributed by atoms with Gasteiger partial charge in [0.1, 0.15) is 34.0 Å². The number of phenolic OH excluding ortho intramolecular Hbond substituents is 4. The summed E-state index contributed by atoms with van der Waals surface area (Å²) in [6.45, 7) is 26.4. The van der Waals surface area contributed by atoms with Crippen LogP contribution in [0, 0.1) is 0 Å². The van der Waals surface area contributed by atoms with Gasteiger partial charge in [0.25, 0.3) is 0 Å². The second-order valence-corrected chi connectivity index (χ2v) is 23.8. The number of benzene rings is 5. The van der Waals surface area contributed by atoms with E-state index >= 15 is 0 Å². The number of imidazole rings is 2. The zero-order chi connectivity index (χ0) is 48.9. The Morgan fingerprint density at radius 3 is 1.49 bits per heavy atom. The van der Waals surface area contributed by atoms with Gasteiger partial charge >= 0.3 is 0 Å². The summed E-state index contributed by atoms with van der Waals surface area (Å²) < 4.78 is 10.5. The average Bonchev–Trinajstić information content (AvgIpc) is 4.17. The molecule has 10 aromatic rings. The van der Waals surface area contributed by atoms with Crippen LogP contribution in [0.4, 0.5) is 0 Å². The summed E-state index contributed by atoms with van der Waals surface area (Å²) in [5, 5.41) is 44.9. The number of furan rings is 1. The molecule has 0 amide bonds. The molecule has 4 atom stereocenters. The predicted octanol–water partition coefficient (Wildman–Crippen LogP) is 13.8. The van der Waals surface area contributed by atoms with Crippen LogP contribution < -0.4 is 0 Å². The fourth-order valence-electron chi connectivity index (χ4n) is 13.5. The third-order valence-electron chi connectivity index (χ3n) is 16.8. The fourth-order valence-corrected chi connectivity index (χ4v) is 13.5. The molecule has 354 valence electrons. The first-order valence-corrected chi connectivity index (χ1v) is 24.8. The first-order chi connectivity index (χ1) is 32.5. The van der Waals surface area contributed by atoms with Crippen LogP contribution in [0.15, 0.2) is 65.1 Å². The predicted molar refractivity (Wildman–Crippen MR) is 276 cm³/mol. The van der Waals surface area contributed by atoms with Crippen LogP contribution in [0.25, 0.3) is 77.1 Å². The molecule has 4 aliphatic carbocycles. The standard InChI is InChI=1S/C31H29N3O.C25H27N3O4.C2H6/c1-29(2,3)28-33-26-18(10-11-24-25(26)17-8-6-7-9-23(17)35-24)27-32-21-14-19-20(15-22(21)34(27)28)31(5)13-12-30(19,4)16-31;1-23(2,3)22-27-16-15(17(29)19(31)20(32)18(16)30)21-26-13-8-11-12(9-14(13)28(21)22)25(5)7-6-24(11,4)10-25;1-2/h6-11,14-15H,12-13,16H2,1-5H3;8-9,29-32H,6-7,10H2,1-5H3;1-2H3. The zero-order valence-corrected chi connectivity index (χ0v) is 41.9. The Balaban J connectivity index is 0.000000138. The summed E-state index contributed by atoms with van der Waals surface area (Å²) in [6.07, 6.45) is 7.27. The van der Waals surface area contributed by atoms with E-state index in [1.54, 1.807) is 0 Å². The minimum Gasteiger partial charge on any atom is -0.504 e. The molecule has 11 heteroatoms. The van der Waals surface area contributed by atoms with Gasteiger partial charge in [0, 0.05) is 21.6 Å². The molecule has 4 bridgehead atoms. The second kappa shape index (κ2) is 13.6. The summed E-state index contributed by atoms with van der Waals surface area (Å²) in [7, 11) is 0. The van der Waals surface area contributed by atoms with Crippen LogP contribution in [0.1, 0.15) is 156 Å². The topological polar surface area (TPSA) is 154 Å². The minimum atomic E-state index is -0.792. The van der Waals surface area contributed by atoms with E-state index in [1.165, 1.54) is 47.0 Å². The van der Waals surface area contributed by atoms with E-state index in [9.17, 15) is 20.4 Å². The summed E-state index contributed by atoms with van der Waals surface area (Å²) in [6, 6.07) is 21.7. The molecule has 5 heterocycles. The van der Waals surface area contributed by atoms with Crippen LogP contribution in [0.5, 0.6) is 23.0 Å². The van der Waals surface area contributed by atoms with Crippen LogP contribution in [0.2, 0.25) is 0 Å². The largest absolute Gasteiger partial charge is 0.504 e. The Morgan fingerprint density at radius 2 is 0.957 bits per heavy atom. The van der Waals surface area contributed by atoms with Crippen molar-refractivity contribution in [3.63, 3.8) is 0 Å². The van der Waals surface area contributed by atoms with E-state index < -0.39 is 28.4 Å². The van der Waals surface area contributed by atoms with Crippen LogP contribution >= 0.6 is 0 Å². The smallest absolute Gasteiger partial charge is 0.206 e. The Bertz CT molecular complexity index is 3920. The Kier molecular flexibility index (Phi) is 8.59. The van der Waals surface area contributed by atoms with Gasteiger partial charge in [-0.25, -0.2) is 19.9 Å². The van der Waals surface area contributed by atoms with Crippen LogP contribution in [-0.4, -0.2) is 49.2 Å². The molecule has 0 saturated heterocycles. The van der Waals surface area contributed by atoms with Gasteiger partial charge in [0.2, 0.25) is 11.5 Å². The van der Waals surface area contributed by atoms with Gasteiger partial charge in [-0.15, -0.1) is 0 Å². The molecular weight excluding hydrogens is 861 g/mol. The van der Waals surface area contributed by atoms with Gasteiger partial charge < -0.3 is 24.8 Å². The Morgan fingerprint density at radius 1 is 0.493 bits per heavy atom. The summed E-state index contributed by atoms with van der Waals surface area (Å²) in [5.74, 6) is -1.01. The van der Waals surface area contributed by atoms with Crippen molar-refractivity contribution >= 4 is 77.1 Å². The number of nitrogens with zero attached hydrogens (tertiary/aromatic N) is 6. The summed E-state index contributed by atoms with van der Waals surface area (Å²) in [4.78, 5) is 20.2. The third kappa shape index (κ3) is 5.67. The van der Waals surface area contributed by atoms with Gasteiger partial charge in [-0.3, -0.25) is 8.80 Å². The van der Waals surface area contributed by atoms with E-state index in [-0.39, 0.29) is 38.0 Å². The first-order valence-electron chi connectivity index (χ1n) is 24.8. The maximum atomic E-state index is 10.7. The first kappa shape index (κ1) is 43.6. The minimum absolute atomic E-state index is 0.0112. The lowest BCUT2D eigenvalue weighted by Crippen LogP contribution is -2.20. The molecule has 4 N–H and O–H groups in total. The number of aromatic hydroxyl groups is 4. The lowest BCUT2D eigenvalue weighted by Gasteiger charge is -2.27. The highest BCUT2D eigenvalue weighted by Crippen LogP contribution is 2.62. The number of para-hydroxylation sites is 1. The van der Waals surface area contributed by atoms with E-state index in [2.05, 4.69) is 106 Å². The maximum Gasteiger partial charge on any atom is 0.206 e. The quantitative estimate of drug-likeness (QED) is 0.0859. The molecule has 14 rings (SSSR count). The molecule has 0 aliphatic heterocycles. The van der Waals surface area contributed by atoms with Crippen LogP contribution in [-0.2, 0) is 32.5 Å². The monoisotopic (exact) mass is 922 g/mol. The zero-order valence-electron chi connectivity index (χ0n) is 41.9. The highest BCUT2D eigenvalue weighted by Gasteiger charge is 2.54. The van der Waals surface area contributed by atoms with Gasteiger partial charge in [-0.1, -0.05) is 101 Å². The number of phenols is 4. The third-order valence-corrected chi connectivity index (χ3v) is 16.8. The summed E-state index contributed by atoms with van der Waals surface area (Å²) >= 11 is 0. The highest BCUT2D eigenvalue weighted by molar-refractivity contribution is 6.19. The van der Waals surface area contributed by atoms with Gasteiger partial charge in [-0.05, 0) is 125 Å². The van der Waals surface area contributed by atoms with E-state index in [0.29, 0.717) is 11.5 Å². The molecule has 5 aromatic heterocycles. The number of rotatable bonds is 0. The van der Waals surface area contributed by atoms with Gasteiger partial charge in [0.15, 0.2) is 17.1 Å². The maximum absolute atomic E-state index is 10.7. The van der Waals surface area contributed by atoms with Crippen molar-refractivity contribution in [3.05, 3.63) is 94.6 Å². The van der Waals surface area contributed by atoms with Crippen molar-refractivity contribution in [1.82, 2.24) is 28.7 Å². The second-order valence-electron chi connectivity index (χ2n) is 23.8. The molecule has 0 spiro atoms. The molecule has 2 fully saturated rings. The lowest BCUT2D eigenvalue weighted by atomic mass is 9.78. The van der Waals surface area contributed by atoms with Crippen molar-refractivity contribution in [3.8, 4) is 23.0 Å². The van der Waals surface area contributed by atoms with Gasteiger partial charge in [0.05, 0.1) is 38.4 Å². The molecule has 4 unspecified atom stereocenters. The van der Waals surface area contributed by atoms with Gasteiger partial charge in [-0.2, -0.15) is 0 Å². The lowest BCUT2D eigenvalue weighted by molar-refractivity contribution is 0.350. The molecule has 2 saturated carbocycles. The molecular formula is C58H62N6O5. The number of hydrogen-bond acceptors (Lipinski definition) is 9. The SMILES string of the molecule is CC.CC(C)(C)c1nc2c(O)c(O)c(O)c(O)c2c2nc3cc4c(cc3n12)C1(C)CCC4(C)C1.CC(C)(C)c1nc2c(ccc3oc4ccccc4c32)c2nc3cc4c(cc3n12)C1(C)CCC4(C)C1. The van der Waals surface area contributed by atoms with E-state index in [1.807, 2.05) is 51.2 Å². The number of fused-ring (bicyclic) bond motifs is 24. The number of aromatic nitrogens is 6. The molecule has 5 aromatic carbocycles. The Labute approximate surface area is 400 Å². The van der Waals surface area contributed by atoms with Crippen molar-refractivity contribution in [2.45, 2.75) is 154 Å². The van der Waals surface area contributed by atoms with Crippen molar-refractivity contribution < 1.29 is 24.8 Å². The summed E-state index contributed by atoms with van der Waals surface area (Å²) in [5.41, 5.74) is 14.1. The molecule has 0 radical (unpaired) electrons. The Hall–Kier alpha value is -6.62. The van der Waals surface area contributed by atoms with Crippen molar-refractivity contribution in [1.29, 1.82) is 0 Å². The molecule has 69 heavy (non-hydrogen) atoms. The highest BCUT2D eigenvalue weighted by atomic mass is 16.3. The van der Waals surface area contributed by atoms with Crippen molar-refractivity contribution in [2.24, 2.45) is 0 Å². The normalized spacial score (nSPS) is 23.8.